The zero-order valence-corrected chi connectivity index (χ0v) is 27.3. The molecule has 2 amide bonds. The zero-order valence-electron chi connectivity index (χ0n) is 31.8. The van der Waals surface area contributed by atoms with E-state index in [-0.39, 0.29) is 28.2 Å². The topological polar surface area (TPSA) is 114 Å². The molecular weight excluding hydrogens is 630 g/mol. The molecule has 10 nitrogen and oxygen atoms in total. The van der Waals surface area contributed by atoms with Gasteiger partial charge < -0.3 is 24.0 Å². The quantitative estimate of drug-likeness (QED) is 0.416. The second kappa shape index (κ2) is 12.4. The molecule has 0 saturated heterocycles. The van der Waals surface area contributed by atoms with E-state index in [9.17, 15) is 18.0 Å². The normalized spacial score (nSPS) is 31.6. The van der Waals surface area contributed by atoms with Gasteiger partial charge in [0.1, 0.15) is 17.5 Å². The maximum Gasteiger partial charge on any atom is 0.409 e. The molecule has 1 fully saturated rings. The maximum absolute atomic E-state index is 13.6. The summed E-state index contributed by atoms with van der Waals surface area (Å²) in [6.07, 6.45) is 4.20. The summed E-state index contributed by atoms with van der Waals surface area (Å²) in [7, 11) is -4.34. The number of benzene rings is 2. The van der Waals surface area contributed by atoms with Gasteiger partial charge in [0.05, 0.1) is 23.8 Å². The first-order valence-corrected chi connectivity index (χ1v) is 17.3. The van der Waals surface area contributed by atoms with Crippen molar-refractivity contribution in [3.8, 4) is 5.75 Å². The number of aryl methyl sites for hydroxylation is 1. The lowest BCUT2D eigenvalue weighted by Gasteiger charge is -2.46. The first-order chi connectivity index (χ1) is 24.2. The summed E-state index contributed by atoms with van der Waals surface area (Å²) in [6, 6.07) is 10.3. The van der Waals surface area contributed by atoms with Gasteiger partial charge >= 0.3 is 6.09 Å². The van der Waals surface area contributed by atoms with Crippen molar-refractivity contribution < 1.29 is 40.4 Å². The number of nitrogens with zero attached hydrogens (tertiary/aromatic N) is 2. The molecule has 2 aliphatic carbocycles. The average Bonchev–Trinajstić information content (AvgIpc) is 3.16. The van der Waals surface area contributed by atoms with Crippen molar-refractivity contribution in [1.29, 1.82) is 0 Å². The van der Waals surface area contributed by atoms with Crippen molar-refractivity contribution in [2.45, 2.75) is 68.0 Å². The van der Waals surface area contributed by atoms with Crippen molar-refractivity contribution >= 4 is 39.3 Å². The first-order valence-electron chi connectivity index (χ1n) is 18.4. The molecule has 2 aromatic rings. The number of carbonyl (C=O) groups excluding carboxylic acids is 2. The molecule has 2 bridgehead atoms. The number of ether oxygens (including phenoxy) is 3. The number of anilines is 1. The Labute approximate surface area is 284 Å². The molecule has 2 aromatic carbocycles. The van der Waals surface area contributed by atoms with Crippen LogP contribution in [0.4, 0.5) is 10.5 Å². The smallest absolute Gasteiger partial charge is 0.409 e. The van der Waals surface area contributed by atoms with Gasteiger partial charge in [-0.1, -0.05) is 23.7 Å². The van der Waals surface area contributed by atoms with Crippen LogP contribution in [-0.4, -0.2) is 77.3 Å². The molecular formula is C34H42ClN3O7S. The van der Waals surface area contributed by atoms with Gasteiger partial charge in [-0.15, -0.1) is 0 Å². The molecule has 4 aliphatic rings. The van der Waals surface area contributed by atoms with Crippen LogP contribution < -0.4 is 14.4 Å². The SMILES string of the molecule is [2H]C([2H])([2H])N(C(=O)O[C@H]1/C=C/COC(C)(C)C(=O)NS(=O)(=O)c2ccc3c(c2)N(C[C@@H]2CC[C@H]21)C[C@@]1(CCCc2cc(Cl)ccc21)CO3)C([2H])([2H])[2H]. The lowest BCUT2D eigenvalue weighted by Crippen LogP contribution is -2.50. The van der Waals surface area contributed by atoms with Gasteiger partial charge in [-0.25, -0.2) is 17.9 Å². The molecule has 2 aliphatic heterocycles. The molecule has 0 aromatic heterocycles. The van der Waals surface area contributed by atoms with Gasteiger partial charge in [-0.05, 0) is 99.4 Å². The Morgan fingerprint density at radius 2 is 2.02 bits per heavy atom. The van der Waals surface area contributed by atoms with Gasteiger partial charge in [-0.2, -0.15) is 0 Å². The molecule has 1 saturated carbocycles. The van der Waals surface area contributed by atoms with Crippen LogP contribution in [0.1, 0.15) is 58.9 Å². The highest BCUT2D eigenvalue weighted by Gasteiger charge is 2.45. The Morgan fingerprint density at radius 3 is 2.78 bits per heavy atom. The molecule has 1 N–H and O–H groups in total. The Morgan fingerprint density at radius 1 is 1.20 bits per heavy atom. The fourth-order valence-corrected chi connectivity index (χ4v) is 8.37. The first kappa shape index (κ1) is 25.8. The number of carbonyl (C=O) groups is 2. The van der Waals surface area contributed by atoms with E-state index in [4.69, 9.17) is 34.0 Å². The number of halogens is 1. The number of amides is 2. The number of fused-ring (bicyclic) bond motifs is 4. The van der Waals surface area contributed by atoms with Crippen LogP contribution in [0.2, 0.25) is 5.02 Å². The molecule has 0 unspecified atom stereocenters. The van der Waals surface area contributed by atoms with Crippen LogP contribution in [0.15, 0.2) is 53.4 Å². The van der Waals surface area contributed by atoms with E-state index in [1.807, 2.05) is 18.2 Å². The minimum absolute atomic E-state index is 0.144. The van der Waals surface area contributed by atoms with E-state index in [1.54, 1.807) is 6.07 Å². The summed E-state index contributed by atoms with van der Waals surface area (Å²) in [5, 5.41) is 0.630. The Kier molecular flexibility index (Phi) is 6.94. The predicted octanol–water partition coefficient (Wildman–Crippen LogP) is 5.08. The lowest BCUT2D eigenvalue weighted by molar-refractivity contribution is -0.139. The average molecular weight is 678 g/mol. The molecule has 6 rings (SSSR count). The summed E-state index contributed by atoms with van der Waals surface area (Å²) in [5.74, 6) is -0.983. The molecule has 4 atom stereocenters. The third-order valence-corrected chi connectivity index (χ3v) is 11.3. The number of hydrogen-bond donors (Lipinski definition) is 1. The highest BCUT2D eigenvalue weighted by atomic mass is 35.5. The van der Waals surface area contributed by atoms with E-state index >= 15 is 0 Å². The molecule has 0 radical (unpaired) electrons. The Bertz CT molecular complexity index is 1860. The van der Waals surface area contributed by atoms with Crippen LogP contribution in [0.25, 0.3) is 0 Å². The van der Waals surface area contributed by atoms with E-state index in [1.165, 1.54) is 38.1 Å². The largest absolute Gasteiger partial charge is 0.490 e. The third-order valence-electron chi connectivity index (χ3n) is 9.73. The number of rotatable bonds is 1. The van der Waals surface area contributed by atoms with Crippen molar-refractivity contribution in [1.82, 2.24) is 9.62 Å². The van der Waals surface area contributed by atoms with Gasteiger partial charge in [0.2, 0.25) is 0 Å². The minimum atomic E-state index is -4.34. The third kappa shape index (κ3) is 6.33. The van der Waals surface area contributed by atoms with Gasteiger partial charge in [-0.3, -0.25) is 4.79 Å². The summed E-state index contributed by atoms with van der Waals surface area (Å²) >= 11 is 6.40. The van der Waals surface area contributed by atoms with Gasteiger partial charge in [0, 0.05) is 51.6 Å². The van der Waals surface area contributed by atoms with Crippen LogP contribution in [0.5, 0.6) is 5.75 Å². The predicted molar refractivity (Wildman–Crippen MR) is 175 cm³/mol. The highest BCUT2D eigenvalue weighted by Crippen LogP contribution is 2.47. The van der Waals surface area contributed by atoms with E-state index < -0.39 is 53.1 Å². The number of hydrogen-bond acceptors (Lipinski definition) is 8. The maximum atomic E-state index is 13.6. The minimum Gasteiger partial charge on any atom is -0.490 e. The standard InChI is InChI=1S/C34H42ClN3O7S/c1-33(2)31(39)36-46(41,42)25-11-14-30-28(18-25)38(20-34(21-43-30)15-5-7-22-17-24(35)10-13-27(22)34)19-23-9-12-26(23)29(8-6-16-44-33)45-32(40)37(3)4/h6,8,10-11,13-14,17-18,23,26,29H,5,7,9,12,15-16,19-21H2,1-4H3,(H,36,39)/b8-6+/t23-,26+,29-,34-/m0/s1/i3D3,4D3. The molecule has 1 spiro atoms. The second-order valence-electron chi connectivity index (χ2n) is 13.1. The lowest BCUT2D eigenvalue weighted by atomic mass is 9.68. The van der Waals surface area contributed by atoms with E-state index in [0.29, 0.717) is 49.0 Å². The zero-order chi connectivity index (χ0) is 37.9. The van der Waals surface area contributed by atoms with Crippen molar-refractivity contribution in [2.24, 2.45) is 11.8 Å². The Balaban J connectivity index is 1.43. The van der Waals surface area contributed by atoms with Crippen molar-refractivity contribution in [3.05, 3.63) is 64.7 Å². The number of nitrogens with one attached hydrogen (secondary N) is 1. The monoisotopic (exact) mass is 677 g/mol. The second-order valence-corrected chi connectivity index (χ2v) is 15.2. The van der Waals surface area contributed by atoms with Crippen LogP contribution in [-0.2, 0) is 36.1 Å². The van der Waals surface area contributed by atoms with Crippen molar-refractivity contribution in [2.75, 3.05) is 45.2 Å². The Hall–Kier alpha value is -3.28. The van der Waals surface area contributed by atoms with Crippen molar-refractivity contribution in [3.63, 3.8) is 0 Å². The number of sulfonamides is 1. The molecule has 46 heavy (non-hydrogen) atoms. The van der Waals surface area contributed by atoms with Crippen LogP contribution >= 0.6 is 11.6 Å². The fraction of sp³-hybridized carbons (Fsp3) is 0.529. The van der Waals surface area contributed by atoms with Crippen LogP contribution in [0, 0.1) is 11.8 Å². The summed E-state index contributed by atoms with van der Waals surface area (Å²) < 4.78 is 93.6. The summed E-state index contributed by atoms with van der Waals surface area (Å²) in [6.45, 7) is -2.87. The molecule has 248 valence electrons. The molecule has 12 heteroatoms. The fourth-order valence-electron chi connectivity index (χ4n) is 7.05. The van der Waals surface area contributed by atoms with Gasteiger partial charge in [0.15, 0.2) is 0 Å². The summed E-state index contributed by atoms with van der Waals surface area (Å²) in [4.78, 5) is 28.3. The summed E-state index contributed by atoms with van der Waals surface area (Å²) in [5.41, 5.74) is 0.604. The molecule has 2 heterocycles. The van der Waals surface area contributed by atoms with E-state index in [2.05, 4.69) is 9.62 Å². The van der Waals surface area contributed by atoms with Crippen LogP contribution in [0.3, 0.4) is 0 Å². The van der Waals surface area contributed by atoms with E-state index in [0.717, 1.165) is 30.4 Å². The highest BCUT2D eigenvalue weighted by molar-refractivity contribution is 7.90. The van der Waals surface area contributed by atoms with Gasteiger partial charge in [0.25, 0.3) is 15.9 Å².